The Hall–Kier alpha value is -0.820. The van der Waals surface area contributed by atoms with E-state index in [9.17, 15) is 4.79 Å². The van der Waals surface area contributed by atoms with Gasteiger partial charge in [0.2, 0.25) is 0 Å². The van der Waals surface area contributed by atoms with Crippen molar-refractivity contribution in [1.82, 2.24) is 0 Å². The Morgan fingerprint density at radius 2 is 2.21 bits per heavy atom. The van der Waals surface area contributed by atoms with Gasteiger partial charge in [-0.2, -0.15) is 0 Å². The van der Waals surface area contributed by atoms with Crippen molar-refractivity contribution in [3.8, 4) is 0 Å². The lowest BCUT2D eigenvalue weighted by Crippen LogP contribution is -2.01. The summed E-state index contributed by atoms with van der Waals surface area (Å²) >= 11 is 3.47. The molecule has 3 N–H and O–H groups in total. The van der Waals surface area contributed by atoms with Crippen LogP contribution in [0.1, 0.15) is 10.4 Å². The maximum Gasteiger partial charge on any atom is 0.337 e. The number of fused-ring (bicyclic) bond motifs is 1. The van der Waals surface area contributed by atoms with E-state index in [2.05, 4.69) is 0 Å². The van der Waals surface area contributed by atoms with Crippen LogP contribution in [-0.4, -0.2) is 11.1 Å². The van der Waals surface area contributed by atoms with Gasteiger partial charge in [0.15, 0.2) is 0 Å². The molecule has 0 aliphatic carbocycles. The number of nitrogen functional groups attached to an aromatic ring is 1. The van der Waals surface area contributed by atoms with Crippen molar-refractivity contribution in [3.63, 3.8) is 0 Å². The lowest BCUT2D eigenvalue weighted by molar-refractivity contribution is 0.0698. The summed E-state index contributed by atoms with van der Waals surface area (Å²) in [6.45, 7) is 0. The number of hydrogen-bond acceptors (Lipinski definition) is 3. The quantitative estimate of drug-likeness (QED) is 0.795. The minimum atomic E-state index is -0.926. The molecule has 0 saturated carbocycles. The molecular weight excluding hydrogens is 313 g/mol. The third-order valence-electron chi connectivity index (χ3n) is 1.93. The largest absolute Gasteiger partial charge is 0.478 e. The molecule has 1 aromatic heterocycles. The molecule has 0 bridgehead atoms. The van der Waals surface area contributed by atoms with E-state index in [1.165, 1.54) is 11.3 Å². The topological polar surface area (TPSA) is 63.3 Å². The third kappa shape index (κ3) is 1.36. The van der Waals surface area contributed by atoms with Crippen LogP contribution in [0.5, 0.6) is 0 Å². The number of thiophene rings is 1. The van der Waals surface area contributed by atoms with E-state index in [1.54, 1.807) is 11.4 Å². The fraction of sp³-hybridized carbons (Fsp3) is 0. The van der Waals surface area contributed by atoms with Gasteiger partial charge in [-0.1, -0.05) is 0 Å². The fourth-order valence-corrected chi connectivity index (χ4v) is 2.87. The zero-order valence-corrected chi connectivity index (χ0v) is 9.93. The number of carboxylic acid groups (broad SMARTS) is 1. The molecule has 0 radical (unpaired) electrons. The first-order valence-corrected chi connectivity index (χ1v) is 5.75. The first-order valence-electron chi connectivity index (χ1n) is 3.79. The molecule has 14 heavy (non-hydrogen) atoms. The summed E-state index contributed by atoms with van der Waals surface area (Å²) in [7, 11) is 0. The van der Waals surface area contributed by atoms with E-state index in [4.69, 9.17) is 10.8 Å². The Kier molecular flexibility index (Phi) is 2.36. The van der Waals surface area contributed by atoms with Crippen LogP contribution in [0.3, 0.4) is 0 Å². The number of halogens is 1. The van der Waals surface area contributed by atoms with E-state index in [1.807, 2.05) is 28.7 Å². The Bertz CT molecular complexity index is 521. The van der Waals surface area contributed by atoms with Crippen LogP contribution in [-0.2, 0) is 0 Å². The van der Waals surface area contributed by atoms with E-state index in [-0.39, 0.29) is 0 Å². The van der Waals surface area contributed by atoms with Crippen LogP contribution < -0.4 is 5.73 Å². The van der Waals surface area contributed by atoms with Crippen molar-refractivity contribution < 1.29 is 9.90 Å². The van der Waals surface area contributed by atoms with Crippen LogP contribution >= 0.6 is 33.9 Å². The van der Waals surface area contributed by atoms with Gasteiger partial charge in [-0.25, -0.2) is 4.79 Å². The number of anilines is 1. The molecule has 0 saturated heterocycles. The molecule has 0 atom stereocenters. The van der Waals surface area contributed by atoms with Crippen LogP contribution in [0.4, 0.5) is 5.69 Å². The fourth-order valence-electron chi connectivity index (χ4n) is 1.34. The zero-order chi connectivity index (χ0) is 10.3. The molecule has 3 nitrogen and oxygen atoms in total. The molecular formula is C9H6INO2S. The Morgan fingerprint density at radius 1 is 1.50 bits per heavy atom. The Labute approximate surface area is 97.7 Å². The summed E-state index contributed by atoms with van der Waals surface area (Å²) in [4.78, 5) is 11.0. The van der Waals surface area contributed by atoms with Crippen molar-refractivity contribution in [3.05, 3.63) is 26.6 Å². The molecule has 0 unspecified atom stereocenters. The highest BCUT2D eigenvalue weighted by Gasteiger charge is 2.15. The van der Waals surface area contributed by atoms with Gasteiger partial charge in [-0.3, -0.25) is 0 Å². The molecule has 2 aromatic rings. The van der Waals surface area contributed by atoms with Crippen molar-refractivity contribution in [1.29, 1.82) is 0 Å². The maximum absolute atomic E-state index is 11.0. The summed E-state index contributed by atoms with van der Waals surface area (Å²) in [6, 6.07) is 3.69. The van der Waals surface area contributed by atoms with Gasteiger partial charge in [0.05, 0.1) is 11.3 Å². The number of hydrogen-bond donors (Lipinski definition) is 2. The summed E-state index contributed by atoms with van der Waals surface area (Å²) in [5.41, 5.74) is 6.58. The lowest BCUT2D eigenvalue weighted by Gasteiger charge is -2.01. The molecule has 1 heterocycles. The standard InChI is InChI=1S/C9H6INO2S/c10-4-1-2-6-8(5(11)3-14-6)7(4)9(12)13/h1-3H,11H2,(H,12,13). The van der Waals surface area contributed by atoms with Gasteiger partial charge in [0, 0.05) is 19.0 Å². The summed E-state index contributed by atoms with van der Waals surface area (Å²) in [5, 5.41) is 11.5. The van der Waals surface area contributed by atoms with E-state index >= 15 is 0 Å². The molecule has 1 aromatic carbocycles. The molecule has 0 fully saturated rings. The lowest BCUT2D eigenvalue weighted by atomic mass is 10.1. The minimum absolute atomic E-state index is 0.307. The number of carbonyl (C=O) groups is 1. The van der Waals surface area contributed by atoms with E-state index in [0.717, 1.165) is 4.70 Å². The summed E-state index contributed by atoms with van der Waals surface area (Å²) < 4.78 is 1.63. The minimum Gasteiger partial charge on any atom is -0.478 e. The van der Waals surface area contributed by atoms with Gasteiger partial charge >= 0.3 is 5.97 Å². The Morgan fingerprint density at radius 3 is 2.86 bits per heavy atom. The molecule has 2 rings (SSSR count). The first kappa shape index (κ1) is 9.72. The van der Waals surface area contributed by atoms with Gasteiger partial charge in [0.25, 0.3) is 0 Å². The van der Waals surface area contributed by atoms with Gasteiger partial charge in [-0.15, -0.1) is 11.3 Å². The van der Waals surface area contributed by atoms with Crippen LogP contribution in [0, 0.1) is 3.57 Å². The number of aromatic carboxylic acids is 1. The Balaban J connectivity index is 2.94. The normalized spacial score (nSPS) is 10.6. The third-order valence-corrected chi connectivity index (χ3v) is 3.80. The summed E-state index contributed by atoms with van der Waals surface area (Å²) in [5.74, 6) is -0.926. The SMILES string of the molecule is Nc1csc2ccc(I)c(C(=O)O)c12. The van der Waals surface area contributed by atoms with Gasteiger partial charge in [-0.05, 0) is 34.7 Å². The monoisotopic (exact) mass is 319 g/mol. The van der Waals surface area contributed by atoms with Gasteiger partial charge in [0.1, 0.15) is 0 Å². The predicted octanol–water partition coefficient (Wildman–Crippen LogP) is 2.79. The molecule has 0 amide bonds. The molecule has 0 aliphatic heterocycles. The molecule has 72 valence electrons. The van der Waals surface area contributed by atoms with Crippen molar-refractivity contribution >= 4 is 55.7 Å². The summed E-state index contributed by atoms with van der Waals surface area (Å²) in [6.07, 6.45) is 0. The average molecular weight is 319 g/mol. The van der Waals surface area contributed by atoms with Crippen molar-refractivity contribution in [2.45, 2.75) is 0 Å². The smallest absolute Gasteiger partial charge is 0.337 e. The second-order valence-corrected chi connectivity index (χ2v) is 4.87. The van der Waals surface area contributed by atoms with Crippen LogP contribution in [0.25, 0.3) is 10.1 Å². The van der Waals surface area contributed by atoms with Gasteiger partial charge < -0.3 is 10.8 Å². The van der Waals surface area contributed by atoms with Crippen molar-refractivity contribution in [2.24, 2.45) is 0 Å². The molecule has 0 aliphatic rings. The van der Waals surface area contributed by atoms with Crippen LogP contribution in [0.2, 0.25) is 0 Å². The van der Waals surface area contributed by atoms with Crippen molar-refractivity contribution in [2.75, 3.05) is 5.73 Å². The highest BCUT2D eigenvalue weighted by Crippen LogP contribution is 2.33. The predicted molar refractivity (Wildman–Crippen MR) is 65.9 cm³/mol. The van der Waals surface area contributed by atoms with Crippen LogP contribution in [0.15, 0.2) is 17.5 Å². The number of carboxylic acids is 1. The maximum atomic E-state index is 11.0. The number of nitrogens with two attached hydrogens (primary N) is 1. The highest BCUT2D eigenvalue weighted by molar-refractivity contribution is 14.1. The highest BCUT2D eigenvalue weighted by atomic mass is 127. The zero-order valence-electron chi connectivity index (χ0n) is 6.95. The second-order valence-electron chi connectivity index (χ2n) is 2.79. The van der Waals surface area contributed by atoms with E-state index < -0.39 is 5.97 Å². The molecule has 5 heteroatoms. The first-order chi connectivity index (χ1) is 6.61. The average Bonchev–Trinajstić information content (AvgIpc) is 2.47. The number of rotatable bonds is 1. The van der Waals surface area contributed by atoms with E-state index in [0.29, 0.717) is 20.2 Å². The number of benzene rings is 1. The molecule has 0 spiro atoms. The second kappa shape index (κ2) is 3.39.